The van der Waals surface area contributed by atoms with Gasteiger partial charge in [-0.1, -0.05) is 13.0 Å². The van der Waals surface area contributed by atoms with Crippen molar-refractivity contribution < 1.29 is 19.8 Å². The van der Waals surface area contributed by atoms with Crippen molar-refractivity contribution >= 4 is 11.8 Å². The summed E-state index contributed by atoms with van der Waals surface area (Å²) < 4.78 is 0. The maximum atomic E-state index is 12.4. The van der Waals surface area contributed by atoms with Crippen LogP contribution in [0, 0.1) is 11.8 Å². The normalized spacial score (nSPS) is 17.2. The molecular weight excluding hydrogens is 284 g/mol. The zero-order valence-electron chi connectivity index (χ0n) is 12.7. The second-order valence-electron chi connectivity index (χ2n) is 5.93. The molecule has 6 heteroatoms. The van der Waals surface area contributed by atoms with Crippen LogP contribution in [0.2, 0.25) is 0 Å². The number of aromatic hydroxyl groups is 2. The molecule has 1 aromatic carbocycles. The molecule has 1 saturated heterocycles. The monoisotopic (exact) mass is 306 g/mol. The number of likely N-dealkylation sites (tertiary alicyclic amines) is 1. The molecule has 0 aliphatic carbocycles. The Bertz CT molecular complexity index is 565. The first-order chi connectivity index (χ1) is 10.4. The SMILES string of the molecule is CC(Cc1ccc(O)c(O)c1)C(=O)N1CCC(C(N)=O)CC1. The molecule has 0 saturated carbocycles. The minimum atomic E-state index is -0.292. The number of piperidine rings is 1. The minimum Gasteiger partial charge on any atom is -0.504 e. The third kappa shape index (κ3) is 3.69. The number of nitrogens with zero attached hydrogens (tertiary/aromatic N) is 1. The molecule has 0 bridgehead atoms. The van der Waals surface area contributed by atoms with Gasteiger partial charge in [0.1, 0.15) is 0 Å². The molecule has 1 aromatic rings. The van der Waals surface area contributed by atoms with Crippen molar-refractivity contribution in [2.45, 2.75) is 26.2 Å². The topological polar surface area (TPSA) is 104 Å². The van der Waals surface area contributed by atoms with Crippen LogP contribution in [0.3, 0.4) is 0 Å². The first-order valence-electron chi connectivity index (χ1n) is 7.47. The van der Waals surface area contributed by atoms with Crippen LogP contribution in [0.1, 0.15) is 25.3 Å². The summed E-state index contributed by atoms with van der Waals surface area (Å²) in [5.41, 5.74) is 6.09. The highest BCUT2D eigenvalue weighted by Crippen LogP contribution is 2.26. The number of primary amides is 1. The molecule has 22 heavy (non-hydrogen) atoms. The van der Waals surface area contributed by atoms with Gasteiger partial charge in [0.2, 0.25) is 11.8 Å². The predicted octanol–water partition coefficient (Wildman–Crippen LogP) is 1.00. The van der Waals surface area contributed by atoms with Crippen LogP contribution in [-0.2, 0) is 16.0 Å². The number of rotatable bonds is 4. The Morgan fingerprint density at radius 2 is 1.91 bits per heavy atom. The highest BCUT2D eigenvalue weighted by atomic mass is 16.3. The van der Waals surface area contributed by atoms with Crippen LogP contribution in [0.4, 0.5) is 0 Å². The lowest BCUT2D eigenvalue weighted by Crippen LogP contribution is -2.44. The van der Waals surface area contributed by atoms with Crippen molar-refractivity contribution in [3.63, 3.8) is 0 Å². The smallest absolute Gasteiger partial charge is 0.225 e. The van der Waals surface area contributed by atoms with Crippen LogP contribution in [0.5, 0.6) is 11.5 Å². The Morgan fingerprint density at radius 1 is 1.27 bits per heavy atom. The molecule has 6 nitrogen and oxygen atoms in total. The summed E-state index contributed by atoms with van der Waals surface area (Å²) in [7, 11) is 0. The van der Waals surface area contributed by atoms with Gasteiger partial charge in [-0.3, -0.25) is 9.59 Å². The van der Waals surface area contributed by atoms with Gasteiger partial charge >= 0.3 is 0 Å². The van der Waals surface area contributed by atoms with Gasteiger partial charge in [-0.05, 0) is 37.0 Å². The zero-order valence-corrected chi connectivity index (χ0v) is 12.7. The third-order valence-electron chi connectivity index (χ3n) is 4.21. The Labute approximate surface area is 129 Å². The molecule has 1 atom stereocenters. The highest BCUT2D eigenvalue weighted by molar-refractivity contribution is 5.80. The molecule has 2 rings (SSSR count). The number of phenols is 2. The van der Waals surface area contributed by atoms with Crippen molar-refractivity contribution in [2.24, 2.45) is 17.6 Å². The molecular formula is C16H22N2O4. The molecule has 1 heterocycles. The minimum absolute atomic E-state index is 0.0375. The molecule has 0 aromatic heterocycles. The third-order valence-corrected chi connectivity index (χ3v) is 4.21. The molecule has 1 unspecified atom stereocenters. The Kier molecular flexibility index (Phi) is 4.90. The van der Waals surface area contributed by atoms with Gasteiger partial charge in [0.25, 0.3) is 0 Å². The molecule has 4 N–H and O–H groups in total. The molecule has 120 valence electrons. The molecule has 0 spiro atoms. The van der Waals surface area contributed by atoms with E-state index >= 15 is 0 Å². The van der Waals surface area contributed by atoms with E-state index in [1.807, 2.05) is 6.92 Å². The van der Waals surface area contributed by atoms with Crippen molar-refractivity contribution in [1.82, 2.24) is 4.90 Å². The van der Waals surface area contributed by atoms with Gasteiger partial charge in [-0.25, -0.2) is 0 Å². The van der Waals surface area contributed by atoms with Crippen LogP contribution in [0.25, 0.3) is 0 Å². The fraction of sp³-hybridized carbons (Fsp3) is 0.500. The number of nitrogens with two attached hydrogens (primary N) is 1. The molecule has 0 radical (unpaired) electrons. The predicted molar refractivity (Wildman–Crippen MR) is 81.1 cm³/mol. The summed E-state index contributed by atoms with van der Waals surface area (Å²) in [5, 5.41) is 18.8. The number of phenolic OH excluding ortho intramolecular Hbond substituents is 2. The van der Waals surface area contributed by atoms with Gasteiger partial charge in [0.15, 0.2) is 11.5 Å². The lowest BCUT2D eigenvalue weighted by atomic mass is 9.94. The fourth-order valence-corrected chi connectivity index (χ4v) is 2.83. The Morgan fingerprint density at radius 3 is 2.45 bits per heavy atom. The fourth-order valence-electron chi connectivity index (χ4n) is 2.83. The average molecular weight is 306 g/mol. The van der Waals surface area contributed by atoms with Gasteiger partial charge in [-0.15, -0.1) is 0 Å². The zero-order chi connectivity index (χ0) is 16.3. The van der Waals surface area contributed by atoms with Gasteiger partial charge in [0, 0.05) is 24.9 Å². The first kappa shape index (κ1) is 16.1. The maximum absolute atomic E-state index is 12.4. The average Bonchev–Trinajstić information content (AvgIpc) is 2.50. The second-order valence-corrected chi connectivity index (χ2v) is 5.93. The van der Waals surface area contributed by atoms with Gasteiger partial charge in [-0.2, -0.15) is 0 Å². The van der Waals surface area contributed by atoms with Gasteiger partial charge in [0.05, 0.1) is 0 Å². The van der Waals surface area contributed by atoms with Crippen LogP contribution < -0.4 is 5.73 Å². The largest absolute Gasteiger partial charge is 0.504 e. The lowest BCUT2D eigenvalue weighted by Gasteiger charge is -2.32. The highest BCUT2D eigenvalue weighted by Gasteiger charge is 2.28. The maximum Gasteiger partial charge on any atom is 0.225 e. The van der Waals surface area contributed by atoms with E-state index in [-0.39, 0.29) is 35.1 Å². The quantitative estimate of drug-likeness (QED) is 0.722. The summed E-state index contributed by atoms with van der Waals surface area (Å²) >= 11 is 0. The summed E-state index contributed by atoms with van der Waals surface area (Å²) in [4.78, 5) is 25.3. The number of carbonyl (C=O) groups excluding carboxylic acids is 2. The van der Waals surface area contributed by atoms with E-state index in [0.717, 1.165) is 5.56 Å². The van der Waals surface area contributed by atoms with E-state index in [0.29, 0.717) is 32.4 Å². The molecule has 1 fully saturated rings. The summed E-state index contributed by atoms with van der Waals surface area (Å²) in [6, 6.07) is 4.58. The van der Waals surface area contributed by atoms with Crippen molar-refractivity contribution in [3.8, 4) is 11.5 Å². The molecule has 1 aliphatic heterocycles. The van der Waals surface area contributed by atoms with E-state index in [9.17, 15) is 19.8 Å². The number of carbonyl (C=O) groups is 2. The van der Waals surface area contributed by atoms with Crippen molar-refractivity contribution in [3.05, 3.63) is 23.8 Å². The number of hydrogen-bond donors (Lipinski definition) is 3. The van der Waals surface area contributed by atoms with Crippen molar-refractivity contribution in [1.29, 1.82) is 0 Å². The van der Waals surface area contributed by atoms with Crippen LogP contribution >= 0.6 is 0 Å². The number of hydrogen-bond acceptors (Lipinski definition) is 4. The lowest BCUT2D eigenvalue weighted by molar-refractivity contribution is -0.138. The number of amides is 2. The second kappa shape index (κ2) is 6.68. The summed E-state index contributed by atoms with van der Waals surface area (Å²) in [6.45, 7) is 2.95. The number of benzene rings is 1. The van der Waals surface area contributed by atoms with Crippen molar-refractivity contribution in [2.75, 3.05) is 13.1 Å². The van der Waals surface area contributed by atoms with Crippen LogP contribution in [0.15, 0.2) is 18.2 Å². The van der Waals surface area contributed by atoms with E-state index < -0.39 is 0 Å². The van der Waals surface area contributed by atoms with Crippen LogP contribution in [-0.4, -0.2) is 40.0 Å². The first-order valence-corrected chi connectivity index (χ1v) is 7.47. The van der Waals surface area contributed by atoms with E-state index in [2.05, 4.69) is 0 Å². The Hall–Kier alpha value is -2.24. The standard InChI is InChI=1S/C16H22N2O4/c1-10(8-11-2-3-13(19)14(20)9-11)16(22)18-6-4-12(5-7-18)15(17)21/h2-3,9-10,12,19-20H,4-8H2,1H3,(H2,17,21). The molecule has 2 amide bonds. The van der Waals surface area contributed by atoms with E-state index in [4.69, 9.17) is 5.73 Å². The summed E-state index contributed by atoms with van der Waals surface area (Å²) in [6.07, 6.45) is 1.73. The Balaban J connectivity index is 1.92. The summed E-state index contributed by atoms with van der Waals surface area (Å²) in [5.74, 6) is -0.964. The van der Waals surface area contributed by atoms with E-state index in [1.165, 1.54) is 12.1 Å². The molecule has 1 aliphatic rings. The van der Waals surface area contributed by atoms with E-state index in [1.54, 1.807) is 11.0 Å². The van der Waals surface area contributed by atoms with Gasteiger partial charge < -0.3 is 20.8 Å².